The van der Waals surface area contributed by atoms with Crippen LogP contribution in [0.25, 0.3) is 69.7 Å². The van der Waals surface area contributed by atoms with Crippen LogP contribution in [0.3, 0.4) is 0 Å². The van der Waals surface area contributed by atoms with Gasteiger partial charge in [-0.15, -0.1) is 11.3 Å². The van der Waals surface area contributed by atoms with E-state index in [1.54, 1.807) is 0 Å². The Hall–Kier alpha value is -6.94. The third-order valence-corrected chi connectivity index (χ3v) is 12.5. The molecule has 1 unspecified atom stereocenters. The quantitative estimate of drug-likeness (QED) is 0.179. The summed E-state index contributed by atoms with van der Waals surface area (Å²) in [5.74, 6) is 0.588. The normalized spacial score (nSPS) is 13.7. The zero-order valence-electron chi connectivity index (χ0n) is 32.3. The number of hydrogen-bond acceptors (Lipinski definition) is 2. The number of nitrogens with zero attached hydrogens (tertiary/aromatic N) is 1. The monoisotopic (exact) mass is 762 g/mol. The highest BCUT2D eigenvalue weighted by molar-refractivity contribution is 7.25. The van der Waals surface area contributed by atoms with E-state index in [4.69, 9.17) is 0 Å². The molecule has 4 bridgehead atoms. The molecular formula is C55H42N2S. The Morgan fingerprint density at radius 2 is 1.03 bits per heavy atom. The minimum atomic E-state index is 0.588. The van der Waals surface area contributed by atoms with Gasteiger partial charge in [0.25, 0.3) is 0 Å². The Morgan fingerprint density at radius 1 is 0.483 bits per heavy atom. The van der Waals surface area contributed by atoms with Gasteiger partial charge < -0.3 is 9.88 Å². The Balaban J connectivity index is 1.13. The average Bonchev–Trinajstić information content (AvgIpc) is 3.40. The highest BCUT2D eigenvalue weighted by atomic mass is 32.1. The smallest absolute Gasteiger partial charge is 0.0539 e. The summed E-state index contributed by atoms with van der Waals surface area (Å²) in [4.78, 5) is 6.04. The van der Waals surface area contributed by atoms with Gasteiger partial charge in [-0.3, -0.25) is 0 Å². The Kier molecular flexibility index (Phi) is 9.50. The number of benzene rings is 7. The van der Waals surface area contributed by atoms with E-state index in [1.165, 1.54) is 69.7 Å². The largest absolute Gasteiger partial charge is 0.361 e. The fourth-order valence-electron chi connectivity index (χ4n) is 8.27. The van der Waals surface area contributed by atoms with Crippen LogP contribution in [0.2, 0.25) is 0 Å². The molecule has 1 aliphatic carbocycles. The second kappa shape index (κ2) is 15.5. The standard InChI is InChI=1S/C55H42N2S/c1-38-21-23-40(24-22-38)42-27-33-45(34-28-42)57(44-31-25-41(26-32-44)39-12-4-2-5-13-39)46-35-29-43(30-36-46)47-16-10-19-52-51-18-11-17-50-48(14-6-3-9-37-56-54(50)51)49-15-7-8-20-53(49)58-55(47)52/h2-21,23-38,56H,22H2,1H3. The predicted molar refractivity (Wildman–Crippen MR) is 252 cm³/mol. The van der Waals surface area contributed by atoms with Crippen LogP contribution in [0.4, 0.5) is 17.1 Å². The molecule has 278 valence electrons. The minimum absolute atomic E-state index is 0.588. The lowest BCUT2D eigenvalue weighted by molar-refractivity contribution is 0.739. The molecule has 0 amide bonds. The summed E-state index contributed by atoms with van der Waals surface area (Å²) in [6, 6.07) is 68.4. The van der Waals surface area contributed by atoms with E-state index < -0.39 is 0 Å². The van der Waals surface area contributed by atoms with Crippen molar-refractivity contribution in [3.63, 3.8) is 0 Å². The van der Waals surface area contributed by atoms with Gasteiger partial charge in [0.15, 0.2) is 0 Å². The van der Waals surface area contributed by atoms with Crippen molar-refractivity contribution in [1.29, 1.82) is 0 Å². The molecule has 1 atom stereocenters. The molecule has 0 radical (unpaired) electrons. The van der Waals surface area contributed by atoms with Crippen molar-refractivity contribution in [2.45, 2.75) is 13.3 Å². The summed E-state index contributed by atoms with van der Waals surface area (Å²) >= 11 is 1.86. The molecule has 2 aromatic heterocycles. The number of allylic oxidation sites excluding steroid dienone is 4. The number of aromatic nitrogens is 1. The highest BCUT2D eigenvalue weighted by Gasteiger charge is 2.16. The van der Waals surface area contributed by atoms with Crippen molar-refractivity contribution in [3.8, 4) is 22.3 Å². The maximum atomic E-state index is 3.68. The molecule has 1 aliphatic rings. The molecule has 7 aromatic carbocycles. The van der Waals surface area contributed by atoms with Crippen LogP contribution in [0.1, 0.15) is 18.9 Å². The second-order valence-electron chi connectivity index (χ2n) is 15.1. The van der Waals surface area contributed by atoms with E-state index in [2.05, 4.69) is 223 Å². The maximum absolute atomic E-state index is 3.68. The minimum Gasteiger partial charge on any atom is -0.361 e. The van der Waals surface area contributed by atoms with Crippen LogP contribution in [0, 0.1) is 5.92 Å². The number of H-pyrrole nitrogens is 1. The van der Waals surface area contributed by atoms with E-state index in [9.17, 15) is 0 Å². The van der Waals surface area contributed by atoms with Gasteiger partial charge in [0.05, 0.1) is 5.52 Å². The van der Waals surface area contributed by atoms with Crippen molar-refractivity contribution >= 4 is 75.8 Å². The first-order valence-corrected chi connectivity index (χ1v) is 20.9. The summed E-state index contributed by atoms with van der Waals surface area (Å²) in [5.41, 5.74) is 11.8. The van der Waals surface area contributed by atoms with E-state index >= 15 is 0 Å². The van der Waals surface area contributed by atoms with Crippen LogP contribution < -0.4 is 4.90 Å². The van der Waals surface area contributed by atoms with Crippen LogP contribution in [0.15, 0.2) is 212 Å². The summed E-state index contributed by atoms with van der Waals surface area (Å²) in [5, 5.41) is 6.02. The molecule has 2 heterocycles. The molecule has 0 saturated heterocycles. The zero-order valence-corrected chi connectivity index (χ0v) is 33.2. The number of para-hydroxylation sites is 1. The first-order valence-electron chi connectivity index (χ1n) is 20.1. The lowest BCUT2D eigenvalue weighted by Crippen LogP contribution is -2.10. The number of hydrogen-bond donors (Lipinski definition) is 1. The summed E-state index contributed by atoms with van der Waals surface area (Å²) in [6.07, 6.45) is 10.1. The van der Waals surface area contributed by atoms with E-state index in [-0.39, 0.29) is 0 Å². The van der Waals surface area contributed by atoms with Crippen LogP contribution in [-0.4, -0.2) is 4.98 Å². The average molecular weight is 763 g/mol. The fraction of sp³-hybridized carbons (Fsp3) is 0.0545. The van der Waals surface area contributed by atoms with Gasteiger partial charge in [0.1, 0.15) is 0 Å². The van der Waals surface area contributed by atoms with E-state index in [1.807, 2.05) is 17.5 Å². The molecule has 2 nitrogen and oxygen atoms in total. The first-order chi connectivity index (χ1) is 28.7. The number of anilines is 3. The number of nitrogens with one attached hydrogen (secondary N) is 1. The molecule has 0 aliphatic heterocycles. The maximum Gasteiger partial charge on any atom is 0.0539 e. The van der Waals surface area contributed by atoms with Gasteiger partial charge in [-0.25, -0.2) is 0 Å². The van der Waals surface area contributed by atoms with Crippen LogP contribution >= 0.6 is 11.3 Å². The molecular weight excluding hydrogens is 721 g/mol. The van der Waals surface area contributed by atoms with Crippen LogP contribution in [0.5, 0.6) is 0 Å². The molecule has 0 fully saturated rings. The molecule has 0 saturated carbocycles. The van der Waals surface area contributed by atoms with Crippen molar-refractivity contribution in [1.82, 2.24) is 4.98 Å². The molecule has 9 aromatic rings. The topological polar surface area (TPSA) is 19.0 Å². The summed E-state index contributed by atoms with van der Waals surface area (Å²) in [6.45, 7) is 2.27. The molecule has 10 rings (SSSR count). The van der Waals surface area contributed by atoms with Crippen molar-refractivity contribution in [2.24, 2.45) is 5.92 Å². The van der Waals surface area contributed by atoms with Gasteiger partial charge in [-0.2, -0.15) is 0 Å². The molecule has 0 spiro atoms. The molecule has 1 N–H and O–H groups in total. The lowest BCUT2D eigenvalue weighted by atomic mass is 9.94. The SMILES string of the molecule is CC1C=CC(c2ccc(N(c3ccc(-c4ccccc4)cc3)c3ccc(-c4cccc5c4sc4ccccc4c4ccccc[nH]c6c5cccc46)cc3)cc2)=CC1. The van der Waals surface area contributed by atoms with Gasteiger partial charge >= 0.3 is 0 Å². The lowest BCUT2D eigenvalue weighted by Gasteiger charge is -2.26. The van der Waals surface area contributed by atoms with Gasteiger partial charge in [0, 0.05) is 48.8 Å². The Labute approximate surface area is 343 Å². The Bertz CT molecular complexity index is 3080. The van der Waals surface area contributed by atoms with Gasteiger partial charge in [0.2, 0.25) is 0 Å². The van der Waals surface area contributed by atoms with Crippen molar-refractivity contribution in [2.75, 3.05) is 4.90 Å². The van der Waals surface area contributed by atoms with Crippen molar-refractivity contribution < 1.29 is 0 Å². The van der Waals surface area contributed by atoms with E-state index in [0.29, 0.717) is 5.92 Å². The number of rotatable bonds is 6. The molecule has 3 heteroatoms. The second-order valence-corrected chi connectivity index (χ2v) is 16.1. The number of aromatic amines is 1. The zero-order chi connectivity index (χ0) is 38.8. The summed E-state index contributed by atoms with van der Waals surface area (Å²) < 4.78 is 2.47. The first kappa shape index (κ1) is 35.5. The van der Waals surface area contributed by atoms with Crippen LogP contribution in [-0.2, 0) is 0 Å². The molecule has 58 heavy (non-hydrogen) atoms. The predicted octanol–water partition coefficient (Wildman–Crippen LogP) is 16.2. The van der Waals surface area contributed by atoms with E-state index in [0.717, 1.165) is 29.0 Å². The Morgan fingerprint density at radius 3 is 1.76 bits per heavy atom. The number of fused-ring (bicyclic) bond motifs is 4. The van der Waals surface area contributed by atoms with Gasteiger partial charge in [-0.1, -0.05) is 165 Å². The van der Waals surface area contributed by atoms with Crippen molar-refractivity contribution in [3.05, 3.63) is 218 Å². The third kappa shape index (κ3) is 6.80. The third-order valence-electron chi connectivity index (χ3n) is 11.3. The summed E-state index contributed by atoms with van der Waals surface area (Å²) in [7, 11) is 0. The fourth-order valence-corrected chi connectivity index (χ4v) is 9.51. The van der Waals surface area contributed by atoms with Gasteiger partial charge in [-0.05, 0) is 105 Å². The highest BCUT2D eigenvalue weighted by Crippen LogP contribution is 2.41.